The van der Waals surface area contributed by atoms with Gasteiger partial charge in [-0.2, -0.15) is 5.26 Å². The summed E-state index contributed by atoms with van der Waals surface area (Å²) >= 11 is 0. The highest BCUT2D eigenvalue weighted by molar-refractivity contribution is 5.96. The van der Waals surface area contributed by atoms with Crippen LogP contribution in [-0.4, -0.2) is 24.1 Å². The first-order valence-corrected chi connectivity index (χ1v) is 12.4. The van der Waals surface area contributed by atoms with Crippen LogP contribution in [0.3, 0.4) is 0 Å². The van der Waals surface area contributed by atoms with E-state index in [9.17, 15) is 14.9 Å². The molecule has 1 amide bonds. The fourth-order valence-corrected chi connectivity index (χ4v) is 5.04. The molecule has 0 heterocycles. The normalized spacial score (nSPS) is 14.6. The Morgan fingerprint density at radius 3 is 2.43 bits per heavy atom. The lowest BCUT2D eigenvalue weighted by molar-refractivity contribution is -0.131. The Labute approximate surface area is 217 Å². The van der Waals surface area contributed by atoms with Gasteiger partial charge in [-0.05, 0) is 71.9 Å². The SMILES string of the molecule is COc1ccc(-c2ccc(CC3(C(=O)Nc4cccc(/C=C/C(=O)O)c4)CCCCC3)cc2)cc1C#N. The Morgan fingerprint density at radius 2 is 1.76 bits per heavy atom. The number of nitrogens with zero attached hydrogens (tertiary/aromatic N) is 1. The van der Waals surface area contributed by atoms with Crippen LogP contribution >= 0.6 is 0 Å². The van der Waals surface area contributed by atoms with Gasteiger partial charge in [-0.1, -0.05) is 61.7 Å². The van der Waals surface area contributed by atoms with Gasteiger partial charge in [-0.15, -0.1) is 0 Å². The molecule has 0 aliphatic heterocycles. The number of hydrogen-bond acceptors (Lipinski definition) is 4. The predicted molar refractivity (Wildman–Crippen MR) is 144 cm³/mol. The Morgan fingerprint density at radius 1 is 1.03 bits per heavy atom. The average Bonchev–Trinajstić information content (AvgIpc) is 2.92. The summed E-state index contributed by atoms with van der Waals surface area (Å²) in [6, 6.07) is 23.1. The van der Waals surface area contributed by atoms with E-state index in [0.29, 0.717) is 29.0 Å². The van der Waals surface area contributed by atoms with Crippen molar-refractivity contribution in [1.29, 1.82) is 5.26 Å². The summed E-state index contributed by atoms with van der Waals surface area (Å²) < 4.78 is 5.25. The molecular weight excluding hydrogens is 464 g/mol. The number of ether oxygens (including phenoxy) is 1. The van der Waals surface area contributed by atoms with Crippen LogP contribution in [0.4, 0.5) is 5.69 Å². The van der Waals surface area contributed by atoms with Crippen LogP contribution in [0.2, 0.25) is 0 Å². The second kappa shape index (κ2) is 11.6. The molecule has 6 nitrogen and oxygen atoms in total. The molecule has 37 heavy (non-hydrogen) atoms. The fraction of sp³-hybridized carbons (Fsp3) is 0.258. The highest BCUT2D eigenvalue weighted by Crippen LogP contribution is 2.41. The fourth-order valence-electron chi connectivity index (χ4n) is 5.04. The third-order valence-corrected chi connectivity index (χ3v) is 7.00. The molecule has 0 radical (unpaired) electrons. The highest BCUT2D eigenvalue weighted by Gasteiger charge is 2.39. The largest absolute Gasteiger partial charge is 0.495 e. The molecule has 0 atom stereocenters. The minimum Gasteiger partial charge on any atom is -0.495 e. The zero-order chi connectivity index (χ0) is 26.3. The van der Waals surface area contributed by atoms with Crippen LogP contribution in [0.25, 0.3) is 17.2 Å². The first kappa shape index (κ1) is 25.7. The van der Waals surface area contributed by atoms with Crippen LogP contribution in [0.5, 0.6) is 5.75 Å². The Kier molecular flexibility index (Phi) is 8.05. The van der Waals surface area contributed by atoms with E-state index in [1.165, 1.54) is 6.08 Å². The number of methoxy groups -OCH3 is 1. The lowest BCUT2D eigenvalue weighted by atomic mass is 9.69. The molecule has 0 unspecified atom stereocenters. The molecule has 4 rings (SSSR count). The third-order valence-electron chi connectivity index (χ3n) is 7.00. The zero-order valence-corrected chi connectivity index (χ0v) is 20.9. The number of anilines is 1. The van der Waals surface area contributed by atoms with Gasteiger partial charge in [0.05, 0.1) is 18.1 Å². The standard InChI is InChI=1S/C31H30N2O4/c1-37-28-14-13-25(19-26(28)21-32)24-11-8-23(9-12-24)20-31(16-3-2-4-17-31)30(36)33-27-7-5-6-22(18-27)10-15-29(34)35/h5-15,18-19H,2-4,16-17,20H2,1H3,(H,33,36)(H,34,35)/b15-10+. The molecule has 1 aliphatic carbocycles. The molecule has 3 aromatic carbocycles. The van der Waals surface area contributed by atoms with Crippen molar-refractivity contribution in [2.24, 2.45) is 5.41 Å². The first-order chi connectivity index (χ1) is 17.9. The van der Waals surface area contributed by atoms with Gasteiger partial charge in [-0.3, -0.25) is 4.79 Å². The van der Waals surface area contributed by atoms with E-state index in [-0.39, 0.29) is 5.91 Å². The lowest BCUT2D eigenvalue weighted by Gasteiger charge is -2.36. The summed E-state index contributed by atoms with van der Waals surface area (Å²) in [6.45, 7) is 0. The topological polar surface area (TPSA) is 99.4 Å². The summed E-state index contributed by atoms with van der Waals surface area (Å²) in [4.78, 5) is 24.5. The van der Waals surface area contributed by atoms with Gasteiger partial charge in [0.25, 0.3) is 0 Å². The number of carbonyl (C=O) groups is 2. The van der Waals surface area contributed by atoms with E-state index in [2.05, 4.69) is 23.5 Å². The predicted octanol–water partition coefficient (Wildman–Crippen LogP) is 6.46. The molecule has 0 bridgehead atoms. The molecule has 0 spiro atoms. The van der Waals surface area contributed by atoms with E-state index in [0.717, 1.165) is 54.9 Å². The average molecular weight is 495 g/mol. The minimum absolute atomic E-state index is 0.00413. The Hall–Kier alpha value is -4.37. The Balaban J connectivity index is 1.53. The number of nitrogens with one attached hydrogen (secondary N) is 1. The van der Waals surface area contributed by atoms with E-state index in [4.69, 9.17) is 9.84 Å². The maximum absolute atomic E-state index is 13.6. The molecule has 0 aromatic heterocycles. The van der Waals surface area contributed by atoms with Crippen molar-refractivity contribution in [3.05, 3.63) is 89.5 Å². The van der Waals surface area contributed by atoms with Gasteiger partial charge in [0.15, 0.2) is 0 Å². The molecule has 6 heteroatoms. The molecule has 0 saturated heterocycles. The number of nitriles is 1. The minimum atomic E-state index is -1.01. The monoisotopic (exact) mass is 494 g/mol. The second-order valence-corrected chi connectivity index (χ2v) is 9.49. The van der Waals surface area contributed by atoms with Gasteiger partial charge in [0.1, 0.15) is 11.8 Å². The number of aliphatic carboxylic acids is 1. The van der Waals surface area contributed by atoms with Crippen molar-refractivity contribution >= 4 is 23.6 Å². The van der Waals surface area contributed by atoms with Crippen molar-refractivity contribution < 1.29 is 19.4 Å². The van der Waals surface area contributed by atoms with Gasteiger partial charge in [-0.25, -0.2) is 4.79 Å². The number of rotatable bonds is 8. The van der Waals surface area contributed by atoms with Crippen LogP contribution < -0.4 is 10.1 Å². The number of carboxylic acids is 1. The Bertz CT molecular complexity index is 1350. The molecular formula is C31H30N2O4. The van der Waals surface area contributed by atoms with Crippen LogP contribution in [-0.2, 0) is 16.0 Å². The number of hydrogen-bond donors (Lipinski definition) is 2. The maximum atomic E-state index is 13.6. The van der Waals surface area contributed by atoms with Crippen molar-refractivity contribution in [2.75, 3.05) is 12.4 Å². The second-order valence-electron chi connectivity index (χ2n) is 9.49. The first-order valence-electron chi connectivity index (χ1n) is 12.4. The van der Waals surface area contributed by atoms with Crippen molar-refractivity contribution in [1.82, 2.24) is 0 Å². The number of amides is 1. The van der Waals surface area contributed by atoms with Crippen LogP contribution in [0, 0.1) is 16.7 Å². The summed E-state index contributed by atoms with van der Waals surface area (Å²) in [5.74, 6) is -0.458. The van der Waals surface area contributed by atoms with E-state index in [1.54, 1.807) is 31.4 Å². The summed E-state index contributed by atoms with van der Waals surface area (Å²) in [7, 11) is 1.55. The van der Waals surface area contributed by atoms with E-state index < -0.39 is 11.4 Å². The third kappa shape index (κ3) is 6.25. The van der Waals surface area contributed by atoms with Gasteiger partial charge >= 0.3 is 5.97 Å². The zero-order valence-electron chi connectivity index (χ0n) is 20.9. The molecule has 1 fully saturated rings. The van der Waals surface area contributed by atoms with E-state index in [1.807, 2.05) is 30.3 Å². The number of carboxylic acid groups (broad SMARTS) is 1. The van der Waals surface area contributed by atoms with Crippen molar-refractivity contribution in [3.63, 3.8) is 0 Å². The lowest BCUT2D eigenvalue weighted by Crippen LogP contribution is -2.40. The van der Waals surface area contributed by atoms with Crippen molar-refractivity contribution in [3.8, 4) is 22.9 Å². The molecule has 3 aromatic rings. The molecule has 1 saturated carbocycles. The van der Waals surface area contributed by atoms with Crippen LogP contribution in [0.15, 0.2) is 72.8 Å². The highest BCUT2D eigenvalue weighted by atomic mass is 16.5. The number of benzene rings is 3. The summed E-state index contributed by atoms with van der Waals surface area (Å²) in [5, 5.41) is 21.4. The van der Waals surface area contributed by atoms with E-state index >= 15 is 0 Å². The summed E-state index contributed by atoms with van der Waals surface area (Å²) in [6.07, 6.45) is 8.03. The quantitative estimate of drug-likeness (QED) is 0.350. The summed E-state index contributed by atoms with van der Waals surface area (Å²) in [5.41, 5.74) is 4.39. The smallest absolute Gasteiger partial charge is 0.328 e. The molecule has 1 aliphatic rings. The van der Waals surface area contributed by atoms with Crippen LogP contribution in [0.1, 0.15) is 48.8 Å². The van der Waals surface area contributed by atoms with Gasteiger partial charge in [0, 0.05) is 11.8 Å². The van der Waals surface area contributed by atoms with Crippen molar-refractivity contribution in [2.45, 2.75) is 38.5 Å². The molecule has 188 valence electrons. The van der Waals surface area contributed by atoms with Gasteiger partial charge < -0.3 is 15.2 Å². The molecule has 2 N–H and O–H groups in total. The van der Waals surface area contributed by atoms with Gasteiger partial charge in [0.2, 0.25) is 5.91 Å². The number of carbonyl (C=O) groups excluding carboxylic acids is 1. The maximum Gasteiger partial charge on any atom is 0.328 e.